The van der Waals surface area contributed by atoms with Crippen molar-refractivity contribution in [1.82, 2.24) is 19.0 Å². The van der Waals surface area contributed by atoms with E-state index in [2.05, 4.69) is 22.2 Å². The van der Waals surface area contributed by atoms with Crippen molar-refractivity contribution in [3.63, 3.8) is 0 Å². The third-order valence-corrected chi connectivity index (χ3v) is 7.96. The maximum absolute atomic E-state index is 13.1. The lowest BCUT2D eigenvalue weighted by Crippen LogP contribution is -2.48. The maximum atomic E-state index is 13.1. The lowest BCUT2D eigenvalue weighted by Gasteiger charge is -2.33. The Labute approximate surface area is 198 Å². The standard InChI is InChI=1S/C23H26ClN5O3S/c1-2-27-10-12-29(13-11-27)33(31,32)21-8-5-7-20(14-21)26-23(30)19-15-25-28(17-19)16-18-6-3-4-9-22(18)24/h3-9,14-15,17H,2,10-13,16H2,1H3,(H,26,30). The molecule has 1 aliphatic heterocycles. The van der Waals surface area contributed by atoms with Gasteiger partial charge in [0.25, 0.3) is 5.91 Å². The highest BCUT2D eigenvalue weighted by atomic mass is 35.5. The van der Waals surface area contributed by atoms with Crippen molar-refractivity contribution >= 4 is 33.2 Å². The molecule has 0 saturated carbocycles. The molecule has 174 valence electrons. The number of carbonyl (C=O) groups is 1. The smallest absolute Gasteiger partial charge is 0.258 e. The zero-order valence-corrected chi connectivity index (χ0v) is 19.9. The summed E-state index contributed by atoms with van der Waals surface area (Å²) in [6.45, 7) is 5.75. The monoisotopic (exact) mass is 487 g/mol. The molecule has 0 atom stereocenters. The molecule has 3 aromatic rings. The number of carbonyl (C=O) groups excluding carboxylic acids is 1. The van der Waals surface area contributed by atoms with Gasteiger partial charge in [-0.05, 0) is 36.4 Å². The number of aromatic nitrogens is 2. The van der Waals surface area contributed by atoms with Crippen molar-refractivity contribution in [2.75, 3.05) is 38.0 Å². The lowest BCUT2D eigenvalue weighted by atomic mass is 10.2. The molecule has 8 nitrogen and oxygen atoms in total. The van der Waals surface area contributed by atoms with E-state index < -0.39 is 10.0 Å². The van der Waals surface area contributed by atoms with Gasteiger partial charge in [-0.1, -0.05) is 42.8 Å². The van der Waals surface area contributed by atoms with Crippen LogP contribution < -0.4 is 5.32 Å². The maximum Gasteiger partial charge on any atom is 0.258 e. The van der Waals surface area contributed by atoms with E-state index in [0.29, 0.717) is 49.0 Å². The second-order valence-corrected chi connectivity index (χ2v) is 10.2. The molecule has 4 rings (SSSR count). The van der Waals surface area contributed by atoms with E-state index in [1.54, 1.807) is 35.1 Å². The molecule has 0 bridgehead atoms. The summed E-state index contributed by atoms with van der Waals surface area (Å²) in [6, 6.07) is 13.8. The normalized spacial score (nSPS) is 15.5. The molecule has 0 aliphatic carbocycles. The van der Waals surface area contributed by atoms with Gasteiger partial charge >= 0.3 is 0 Å². The SMILES string of the molecule is CCN1CCN(S(=O)(=O)c2cccc(NC(=O)c3cnn(Cc4ccccc4Cl)c3)c2)CC1. The second kappa shape index (κ2) is 10.0. The number of likely N-dealkylation sites (N-methyl/N-ethyl adjacent to an activating group) is 1. The van der Waals surface area contributed by atoms with Crippen molar-refractivity contribution in [2.45, 2.75) is 18.4 Å². The Hall–Kier alpha value is -2.72. The number of halogens is 1. The summed E-state index contributed by atoms with van der Waals surface area (Å²) >= 11 is 6.20. The molecule has 1 aliphatic rings. The van der Waals surface area contributed by atoms with E-state index >= 15 is 0 Å². The Bertz CT molecular complexity index is 1240. The van der Waals surface area contributed by atoms with Crippen LogP contribution in [0.3, 0.4) is 0 Å². The van der Waals surface area contributed by atoms with Crippen LogP contribution in [0.15, 0.2) is 65.8 Å². The molecule has 1 fully saturated rings. The molecule has 0 spiro atoms. The second-order valence-electron chi connectivity index (χ2n) is 7.84. The number of benzene rings is 2. The first kappa shape index (κ1) is 23.4. The van der Waals surface area contributed by atoms with Crippen molar-refractivity contribution in [2.24, 2.45) is 0 Å². The first-order chi connectivity index (χ1) is 15.9. The van der Waals surface area contributed by atoms with Gasteiger partial charge in [-0.2, -0.15) is 9.40 Å². The Morgan fingerprint density at radius 1 is 1.09 bits per heavy atom. The van der Waals surface area contributed by atoms with Crippen LogP contribution in [-0.4, -0.2) is 66.0 Å². The predicted molar refractivity (Wildman–Crippen MR) is 128 cm³/mol. The quantitative estimate of drug-likeness (QED) is 0.553. The number of amides is 1. The summed E-state index contributed by atoms with van der Waals surface area (Å²) in [5, 5.41) is 7.64. The third kappa shape index (κ3) is 5.44. The molecule has 1 N–H and O–H groups in total. The molecule has 10 heteroatoms. The summed E-state index contributed by atoms with van der Waals surface area (Å²) in [5.41, 5.74) is 1.67. The van der Waals surface area contributed by atoms with E-state index in [9.17, 15) is 13.2 Å². The van der Waals surface area contributed by atoms with Gasteiger partial charge in [-0.3, -0.25) is 9.48 Å². The Morgan fingerprint density at radius 3 is 2.58 bits per heavy atom. The highest BCUT2D eigenvalue weighted by molar-refractivity contribution is 7.89. The predicted octanol–water partition coefficient (Wildman–Crippen LogP) is 3.16. The van der Waals surface area contributed by atoms with Gasteiger partial charge in [-0.25, -0.2) is 8.42 Å². The van der Waals surface area contributed by atoms with Crippen LogP contribution in [0.5, 0.6) is 0 Å². The van der Waals surface area contributed by atoms with Gasteiger partial charge in [0.2, 0.25) is 10.0 Å². The summed E-state index contributed by atoms with van der Waals surface area (Å²) < 4.78 is 29.3. The highest BCUT2D eigenvalue weighted by Gasteiger charge is 2.28. The summed E-state index contributed by atoms with van der Waals surface area (Å²) in [7, 11) is -3.62. The lowest BCUT2D eigenvalue weighted by molar-refractivity contribution is 0.102. The van der Waals surface area contributed by atoms with Crippen molar-refractivity contribution in [3.05, 3.63) is 77.1 Å². The van der Waals surface area contributed by atoms with Gasteiger partial charge in [0.05, 0.1) is 23.2 Å². The van der Waals surface area contributed by atoms with Gasteiger partial charge in [0.1, 0.15) is 0 Å². The summed E-state index contributed by atoms with van der Waals surface area (Å²) in [5.74, 6) is -0.369. The molecular weight excluding hydrogens is 462 g/mol. The van der Waals surface area contributed by atoms with Crippen molar-refractivity contribution < 1.29 is 13.2 Å². The van der Waals surface area contributed by atoms with Crippen LogP contribution in [0.1, 0.15) is 22.8 Å². The fourth-order valence-electron chi connectivity index (χ4n) is 3.74. The van der Waals surface area contributed by atoms with Gasteiger partial charge in [0.15, 0.2) is 0 Å². The number of nitrogens with one attached hydrogen (secondary N) is 1. The fourth-order valence-corrected chi connectivity index (χ4v) is 5.41. The fraction of sp³-hybridized carbons (Fsp3) is 0.304. The molecule has 1 amide bonds. The zero-order valence-electron chi connectivity index (χ0n) is 18.3. The molecule has 1 saturated heterocycles. The zero-order chi connectivity index (χ0) is 23.4. The molecule has 2 aromatic carbocycles. The highest BCUT2D eigenvalue weighted by Crippen LogP contribution is 2.22. The number of anilines is 1. The minimum Gasteiger partial charge on any atom is -0.322 e. The Morgan fingerprint density at radius 2 is 1.85 bits per heavy atom. The van der Waals surface area contributed by atoms with Crippen molar-refractivity contribution in [3.8, 4) is 0 Å². The van der Waals surface area contributed by atoms with Crippen LogP contribution in [0.4, 0.5) is 5.69 Å². The number of hydrogen-bond donors (Lipinski definition) is 1. The summed E-state index contributed by atoms with van der Waals surface area (Å²) in [4.78, 5) is 15.1. The van der Waals surface area contributed by atoms with Gasteiger partial charge in [0, 0.05) is 43.1 Å². The molecule has 1 aromatic heterocycles. The van der Waals surface area contributed by atoms with E-state index in [0.717, 1.165) is 12.1 Å². The number of sulfonamides is 1. The van der Waals surface area contributed by atoms with Crippen LogP contribution in [0.2, 0.25) is 5.02 Å². The largest absolute Gasteiger partial charge is 0.322 e. The van der Waals surface area contributed by atoms with E-state index in [4.69, 9.17) is 11.6 Å². The van der Waals surface area contributed by atoms with E-state index in [1.807, 2.05) is 18.2 Å². The van der Waals surface area contributed by atoms with E-state index in [1.165, 1.54) is 16.6 Å². The van der Waals surface area contributed by atoms with E-state index in [-0.39, 0.29) is 10.8 Å². The molecule has 2 heterocycles. The number of nitrogens with zero attached hydrogens (tertiary/aromatic N) is 4. The average molecular weight is 488 g/mol. The van der Waals surface area contributed by atoms with Crippen LogP contribution >= 0.6 is 11.6 Å². The molecule has 0 radical (unpaired) electrons. The Kier molecular flexibility index (Phi) is 7.14. The van der Waals surface area contributed by atoms with Crippen molar-refractivity contribution in [1.29, 1.82) is 0 Å². The average Bonchev–Trinajstić information content (AvgIpc) is 3.29. The Balaban J connectivity index is 1.44. The van der Waals surface area contributed by atoms with Crippen LogP contribution in [0.25, 0.3) is 0 Å². The topological polar surface area (TPSA) is 87.5 Å². The number of piperazine rings is 1. The van der Waals surface area contributed by atoms with Crippen LogP contribution in [-0.2, 0) is 16.6 Å². The number of rotatable bonds is 7. The first-order valence-corrected chi connectivity index (χ1v) is 12.6. The third-order valence-electron chi connectivity index (χ3n) is 5.69. The molecule has 0 unspecified atom stereocenters. The summed E-state index contributed by atoms with van der Waals surface area (Å²) in [6.07, 6.45) is 3.10. The first-order valence-electron chi connectivity index (χ1n) is 10.8. The van der Waals surface area contributed by atoms with Crippen LogP contribution in [0, 0.1) is 0 Å². The van der Waals surface area contributed by atoms with Gasteiger partial charge in [-0.15, -0.1) is 0 Å². The van der Waals surface area contributed by atoms with Gasteiger partial charge < -0.3 is 10.2 Å². The minimum atomic E-state index is -3.62. The number of hydrogen-bond acceptors (Lipinski definition) is 5. The molecule has 33 heavy (non-hydrogen) atoms. The minimum absolute atomic E-state index is 0.166. The molecular formula is C23H26ClN5O3S.